The summed E-state index contributed by atoms with van der Waals surface area (Å²) < 4.78 is 15.7. The van der Waals surface area contributed by atoms with Crippen LogP contribution in [0.5, 0.6) is 11.5 Å². The summed E-state index contributed by atoms with van der Waals surface area (Å²) in [5, 5.41) is 8.76. The molecule has 0 unspecified atom stereocenters. The number of rotatable bonds is 8. The van der Waals surface area contributed by atoms with Crippen molar-refractivity contribution < 1.29 is 9.47 Å². The number of nitrogens with zero attached hydrogens (tertiary/aromatic N) is 2. The highest BCUT2D eigenvalue weighted by Gasteiger charge is 2.11. The molecule has 148 valence electrons. The number of imidazole rings is 1. The predicted octanol–water partition coefficient (Wildman–Crippen LogP) is 4.45. The molecule has 0 aliphatic carbocycles. The van der Waals surface area contributed by atoms with Gasteiger partial charge in [0.05, 0.1) is 30.7 Å². The normalized spacial score (nSPS) is 10.9. The van der Waals surface area contributed by atoms with Gasteiger partial charge in [-0.2, -0.15) is 0 Å². The van der Waals surface area contributed by atoms with Crippen LogP contribution in [0.4, 0.5) is 0 Å². The molecule has 29 heavy (non-hydrogen) atoms. The smallest absolute Gasteiger partial charge is 0.203 e. The first-order valence-electron chi connectivity index (χ1n) is 9.89. The van der Waals surface area contributed by atoms with E-state index in [9.17, 15) is 0 Å². The van der Waals surface area contributed by atoms with E-state index in [1.165, 1.54) is 5.56 Å². The van der Waals surface area contributed by atoms with Gasteiger partial charge in [0.25, 0.3) is 0 Å². The van der Waals surface area contributed by atoms with E-state index in [0.29, 0.717) is 31.9 Å². The molecule has 0 atom stereocenters. The van der Waals surface area contributed by atoms with Crippen LogP contribution in [-0.2, 0) is 13.1 Å². The van der Waals surface area contributed by atoms with E-state index in [1.807, 2.05) is 70.7 Å². The Hall–Kier alpha value is -3.47. The maximum atomic E-state index is 8.76. The van der Waals surface area contributed by atoms with Gasteiger partial charge in [-0.3, -0.25) is 5.41 Å². The maximum absolute atomic E-state index is 8.76. The largest absolute Gasteiger partial charge is 0.490 e. The van der Waals surface area contributed by atoms with Crippen LogP contribution in [0.3, 0.4) is 0 Å². The molecule has 0 amide bonds. The standard InChI is InChI=1S/C24H25N3O2/c1-2-28-22-14-8-9-15-23(22)29-17-16-26-20-12-6-7-13-21(20)27(24(26)25)18-19-10-4-3-5-11-19/h3-15,25H,2,16-18H2,1H3. The van der Waals surface area contributed by atoms with E-state index in [0.717, 1.165) is 22.5 Å². The molecule has 5 nitrogen and oxygen atoms in total. The first-order valence-corrected chi connectivity index (χ1v) is 9.89. The lowest BCUT2D eigenvalue weighted by atomic mass is 10.2. The fraction of sp³-hybridized carbons (Fsp3) is 0.208. The minimum Gasteiger partial charge on any atom is -0.490 e. The minimum absolute atomic E-state index is 0.458. The lowest BCUT2D eigenvalue weighted by Gasteiger charge is -2.12. The van der Waals surface area contributed by atoms with Crippen LogP contribution < -0.4 is 15.1 Å². The molecule has 3 aromatic carbocycles. The Morgan fingerprint density at radius 1 is 0.724 bits per heavy atom. The van der Waals surface area contributed by atoms with Crippen LogP contribution in [0.2, 0.25) is 0 Å². The van der Waals surface area contributed by atoms with E-state index in [2.05, 4.69) is 24.3 Å². The number of hydrogen-bond donors (Lipinski definition) is 1. The van der Waals surface area contributed by atoms with Crippen molar-refractivity contribution in [1.82, 2.24) is 9.13 Å². The Morgan fingerprint density at radius 3 is 2.00 bits per heavy atom. The van der Waals surface area contributed by atoms with Crippen molar-refractivity contribution in [3.05, 3.63) is 90.0 Å². The topological polar surface area (TPSA) is 52.2 Å². The zero-order valence-corrected chi connectivity index (χ0v) is 16.5. The number of hydrogen-bond acceptors (Lipinski definition) is 3. The highest BCUT2D eigenvalue weighted by atomic mass is 16.5. The van der Waals surface area contributed by atoms with Crippen molar-refractivity contribution in [1.29, 1.82) is 5.41 Å². The fourth-order valence-corrected chi connectivity index (χ4v) is 3.54. The summed E-state index contributed by atoms with van der Waals surface area (Å²) in [4.78, 5) is 0. The molecular weight excluding hydrogens is 362 g/mol. The lowest BCUT2D eigenvalue weighted by Crippen LogP contribution is -2.27. The molecule has 4 rings (SSSR count). The van der Waals surface area contributed by atoms with Gasteiger partial charge >= 0.3 is 0 Å². The number of ether oxygens (including phenoxy) is 2. The number of nitrogens with one attached hydrogen (secondary N) is 1. The Bertz CT molecular complexity index is 1150. The molecule has 0 radical (unpaired) electrons. The first-order chi connectivity index (χ1) is 14.3. The highest BCUT2D eigenvalue weighted by Crippen LogP contribution is 2.26. The number of para-hydroxylation sites is 4. The molecule has 0 bridgehead atoms. The average Bonchev–Trinajstić information content (AvgIpc) is 3.02. The van der Waals surface area contributed by atoms with Gasteiger partial charge in [0.15, 0.2) is 11.5 Å². The molecule has 4 aromatic rings. The van der Waals surface area contributed by atoms with Crippen molar-refractivity contribution in [3.63, 3.8) is 0 Å². The van der Waals surface area contributed by atoms with E-state index in [1.54, 1.807) is 0 Å². The first kappa shape index (κ1) is 18.9. The van der Waals surface area contributed by atoms with Gasteiger partial charge in [-0.1, -0.05) is 54.6 Å². The molecule has 0 aliphatic heterocycles. The molecule has 0 fully saturated rings. The molecule has 1 N–H and O–H groups in total. The van der Waals surface area contributed by atoms with E-state index in [-0.39, 0.29) is 0 Å². The minimum atomic E-state index is 0.458. The number of benzene rings is 3. The van der Waals surface area contributed by atoms with Crippen molar-refractivity contribution in [3.8, 4) is 11.5 Å². The third kappa shape index (κ3) is 4.04. The molecular formula is C24H25N3O2. The second-order valence-corrected chi connectivity index (χ2v) is 6.76. The van der Waals surface area contributed by atoms with Gasteiger partial charge in [0.2, 0.25) is 5.62 Å². The summed E-state index contributed by atoms with van der Waals surface area (Å²) in [6.07, 6.45) is 0. The van der Waals surface area contributed by atoms with Crippen molar-refractivity contribution >= 4 is 11.0 Å². The quantitative estimate of drug-likeness (QED) is 0.486. The molecule has 1 aromatic heterocycles. The molecule has 0 aliphatic rings. The van der Waals surface area contributed by atoms with Crippen molar-refractivity contribution in [2.24, 2.45) is 0 Å². The van der Waals surface area contributed by atoms with Gasteiger partial charge in [-0.05, 0) is 36.8 Å². The number of fused-ring (bicyclic) bond motifs is 1. The second-order valence-electron chi connectivity index (χ2n) is 6.76. The molecule has 0 spiro atoms. The fourth-order valence-electron chi connectivity index (χ4n) is 3.54. The Morgan fingerprint density at radius 2 is 1.31 bits per heavy atom. The summed E-state index contributed by atoms with van der Waals surface area (Å²) in [5.74, 6) is 1.48. The van der Waals surface area contributed by atoms with Gasteiger partial charge in [0, 0.05) is 0 Å². The summed E-state index contributed by atoms with van der Waals surface area (Å²) in [5.41, 5.74) is 3.73. The van der Waals surface area contributed by atoms with Crippen molar-refractivity contribution in [2.45, 2.75) is 20.0 Å². The Kier molecular flexibility index (Phi) is 5.66. The predicted molar refractivity (Wildman–Crippen MR) is 114 cm³/mol. The van der Waals surface area contributed by atoms with E-state index >= 15 is 0 Å². The Labute approximate surface area is 170 Å². The highest BCUT2D eigenvalue weighted by molar-refractivity contribution is 5.76. The second kappa shape index (κ2) is 8.69. The van der Waals surface area contributed by atoms with Gasteiger partial charge < -0.3 is 18.6 Å². The van der Waals surface area contributed by atoms with Gasteiger partial charge in [-0.15, -0.1) is 0 Å². The summed E-state index contributed by atoms with van der Waals surface area (Å²) in [6.45, 7) is 4.27. The van der Waals surface area contributed by atoms with Crippen LogP contribution >= 0.6 is 0 Å². The molecule has 0 saturated carbocycles. The molecule has 5 heteroatoms. The van der Waals surface area contributed by atoms with Crippen LogP contribution in [0.1, 0.15) is 12.5 Å². The monoisotopic (exact) mass is 387 g/mol. The van der Waals surface area contributed by atoms with E-state index < -0.39 is 0 Å². The summed E-state index contributed by atoms with van der Waals surface area (Å²) >= 11 is 0. The zero-order valence-electron chi connectivity index (χ0n) is 16.5. The van der Waals surface area contributed by atoms with E-state index in [4.69, 9.17) is 14.9 Å². The average molecular weight is 387 g/mol. The summed E-state index contributed by atoms with van der Waals surface area (Å²) in [6, 6.07) is 26.1. The maximum Gasteiger partial charge on any atom is 0.203 e. The van der Waals surface area contributed by atoms with Crippen LogP contribution in [0.25, 0.3) is 11.0 Å². The van der Waals surface area contributed by atoms with Gasteiger partial charge in [-0.25, -0.2) is 0 Å². The Balaban J connectivity index is 1.58. The molecule has 1 heterocycles. The van der Waals surface area contributed by atoms with Gasteiger partial charge in [0.1, 0.15) is 6.61 Å². The third-order valence-corrected chi connectivity index (χ3v) is 4.88. The number of aromatic nitrogens is 2. The zero-order chi connectivity index (χ0) is 20.1. The lowest BCUT2D eigenvalue weighted by molar-refractivity contribution is 0.265. The SMILES string of the molecule is CCOc1ccccc1OCCn1c(=N)n(Cc2ccccc2)c2ccccc21. The van der Waals surface area contributed by atoms with Crippen LogP contribution in [-0.4, -0.2) is 22.3 Å². The van der Waals surface area contributed by atoms with Crippen LogP contribution in [0.15, 0.2) is 78.9 Å². The third-order valence-electron chi connectivity index (χ3n) is 4.88. The van der Waals surface area contributed by atoms with Crippen molar-refractivity contribution in [2.75, 3.05) is 13.2 Å². The summed E-state index contributed by atoms with van der Waals surface area (Å²) in [7, 11) is 0. The van der Waals surface area contributed by atoms with Crippen LogP contribution in [0, 0.1) is 5.41 Å². The molecule has 0 saturated heterocycles.